The predicted octanol–water partition coefficient (Wildman–Crippen LogP) is 11.5. The van der Waals surface area contributed by atoms with Gasteiger partial charge in [0, 0.05) is 18.9 Å². The van der Waals surface area contributed by atoms with Gasteiger partial charge in [-0.2, -0.15) is 0 Å². The number of unbranched alkanes of at least 4 members (excludes halogenated alkanes) is 19. The van der Waals surface area contributed by atoms with Gasteiger partial charge in [-0.25, -0.2) is 4.79 Å². The van der Waals surface area contributed by atoms with Crippen molar-refractivity contribution in [2.75, 3.05) is 34.5 Å². The number of benzene rings is 3. The zero-order valence-electron chi connectivity index (χ0n) is 42.4. The molecule has 0 amide bonds. The molecule has 5 rings (SSSR count). The van der Waals surface area contributed by atoms with Gasteiger partial charge in [-0.1, -0.05) is 184 Å². The van der Waals surface area contributed by atoms with Gasteiger partial charge in [-0.05, 0) is 47.4 Å². The normalized spacial score (nSPS) is 16.8. The molecule has 0 saturated carbocycles. The Bertz CT molecular complexity index is 2140. The van der Waals surface area contributed by atoms with E-state index in [4.69, 9.17) is 33.2 Å². The largest absolute Gasteiger partial charge is 0.497 e. The number of esters is 2. The second-order valence-corrected chi connectivity index (χ2v) is 18.5. The molecule has 3 aromatic carbocycles. The molecule has 0 spiro atoms. The van der Waals surface area contributed by atoms with Crippen molar-refractivity contribution in [1.29, 1.82) is 0 Å². The molecule has 2 heterocycles. The number of aromatic amines is 1. The SMILES string of the molecule is CCCCCCCCCCCCCCCCCCCCCCOC1C(OC(=O)CCC(=O)OC)[C@@H](COC(c2ccccc2)(c2ccc(OC)cc2)c2ccc(OC)cc2)O[C@H]1n1ccc(=O)[nH]c1=O. The molecular formula is C57H80N2O11. The van der Waals surface area contributed by atoms with Crippen molar-refractivity contribution in [1.82, 2.24) is 9.55 Å². The van der Waals surface area contributed by atoms with Gasteiger partial charge in [0.05, 0.1) is 40.8 Å². The smallest absolute Gasteiger partial charge is 0.330 e. The molecule has 1 fully saturated rings. The van der Waals surface area contributed by atoms with Gasteiger partial charge >= 0.3 is 17.6 Å². The zero-order valence-corrected chi connectivity index (χ0v) is 42.4. The van der Waals surface area contributed by atoms with E-state index in [0.29, 0.717) is 18.1 Å². The minimum Gasteiger partial charge on any atom is -0.497 e. The van der Waals surface area contributed by atoms with Crippen LogP contribution in [0, 0.1) is 0 Å². The molecule has 1 N–H and O–H groups in total. The van der Waals surface area contributed by atoms with Crippen LogP contribution in [0.3, 0.4) is 0 Å². The highest BCUT2D eigenvalue weighted by Crippen LogP contribution is 2.43. The summed E-state index contributed by atoms with van der Waals surface area (Å²) in [7, 11) is 4.47. The maximum atomic E-state index is 13.6. The lowest BCUT2D eigenvalue weighted by Crippen LogP contribution is -2.43. The van der Waals surface area contributed by atoms with E-state index in [1.54, 1.807) is 14.2 Å². The van der Waals surface area contributed by atoms with Crippen molar-refractivity contribution < 1.29 is 42.7 Å². The summed E-state index contributed by atoms with van der Waals surface area (Å²) < 4.78 is 43.8. The molecule has 384 valence electrons. The van der Waals surface area contributed by atoms with Gasteiger partial charge in [-0.15, -0.1) is 0 Å². The van der Waals surface area contributed by atoms with Crippen molar-refractivity contribution in [3.05, 3.63) is 129 Å². The van der Waals surface area contributed by atoms with Crippen molar-refractivity contribution in [3.8, 4) is 11.5 Å². The first-order chi connectivity index (χ1) is 34.2. The number of hydrogen-bond acceptors (Lipinski definition) is 11. The quantitative estimate of drug-likeness (QED) is 0.0266. The number of carbonyl (C=O) groups is 2. The fraction of sp³-hybridized carbons (Fsp3) is 0.579. The van der Waals surface area contributed by atoms with E-state index in [2.05, 4.69) is 11.9 Å². The standard InChI is InChI=1S/C57H80N2O11/c1-5-6-7-8-9-10-11-12-13-14-15-16-17-18-19-20-21-22-23-27-42-67-54-53(70-52(62)39-38-51(61)66-4)49(69-55(54)59-41-40-50(60)58-56(59)63)43-68-57(44-28-25-24-26-29-44,45-30-34-47(64-2)35-31-45)46-32-36-48(65-3)37-33-46/h24-26,28-37,40-41,49,53-55H,5-23,27,38-39,42-43H2,1-4H3,(H,58,60,63)/t49-,53?,54?,55-/m1/s1. The summed E-state index contributed by atoms with van der Waals surface area (Å²) in [6.07, 6.45) is 22.2. The summed E-state index contributed by atoms with van der Waals surface area (Å²) in [5, 5.41) is 0. The second-order valence-electron chi connectivity index (χ2n) is 18.5. The Morgan fingerprint density at radius 3 is 1.53 bits per heavy atom. The number of nitrogens with one attached hydrogen (secondary N) is 1. The molecule has 1 aromatic heterocycles. The van der Waals surface area contributed by atoms with E-state index in [9.17, 15) is 19.2 Å². The molecule has 13 nitrogen and oxygen atoms in total. The third-order valence-electron chi connectivity index (χ3n) is 13.4. The highest BCUT2D eigenvalue weighted by molar-refractivity contribution is 5.77. The van der Waals surface area contributed by atoms with Gasteiger partial charge in [0.1, 0.15) is 29.3 Å². The van der Waals surface area contributed by atoms with Crippen LogP contribution < -0.4 is 20.7 Å². The summed E-state index contributed by atoms with van der Waals surface area (Å²) in [5.74, 6) is 0.0856. The molecule has 4 atom stereocenters. The Labute approximate surface area is 415 Å². The van der Waals surface area contributed by atoms with Gasteiger partial charge in [0.2, 0.25) is 0 Å². The number of methoxy groups -OCH3 is 3. The van der Waals surface area contributed by atoms with Gasteiger partial charge < -0.3 is 33.2 Å². The third-order valence-corrected chi connectivity index (χ3v) is 13.4. The Balaban J connectivity index is 1.26. The van der Waals surface area contributed by atoms with E-state index in [1.807, 2.05) is 78.9 Å². The van der Waals surface area contributed by atoms with E-state index in [1.165, 1.54) is 127 Å². The van der Waals surface area contributed by atoms with Crippen LogP contribution in [0.2, 0.25) is 0 Å². The fourth-order valence-corrected chi connectivity index (χ4v) is 9.39. The fourth-order valence-electron chi connectivity index (χ4n) is 9.39. The summed E-state index contributed by atoms with van der Waals surface area (Å²) in [6.45, 7) is 2.42. The van der Waals surface area contributed by atoms with Crippen LogP contribution in [0.5, 0.6) is 11.5 Å². The molecule has 0 aliphatic carbocycles. The molecule has 1 aliphatic rings. The van der Waals surface area contributed by atoms with Crippen LogP contribution in [0.25, 0.3) is 0 Å². The lowest BCUT2D eigenvalue weighted by atomic mass is 9.80. The summed E-state index contributed by atoms with van der Waals surface area (Å²) in [4.78, 5) is 53.7. The average Bonchev–Trinajstić information content (AvgIpc) is 3.71. The van der Waals surface area contributed by atoms with E-state index in [-0.39, 0.29) is 19.4 Å². The van der Waals surface area contributed by atoms with Crippen LogP contribution in [-0.4, -0.2) is 74.3 Å². The van der Waals surface area contributed by atoms with Crippen LogP contribution >= 0.6 is 0 Å². The maximum Gasteiger partial charge on any atom is 0.330 e. The number of ether oxygens (including phenoxy) is 7. The Hall–Kier alpha value is -5.24. The van der Waals surface area contributed by atoms with Crippen molar-refractivity contribution in [2.45, 2.75) is 178 Å². The van der Waals surface area contributed by atoms with Crippen molar-refractivity contribution >= 4 is 11.9 Å². The number of nitrogens with zero attached hydrogens (tertiary/aromatic N) is 1. The third kappa shape index (κ3) is 17.3. The molecule has 2 unspecified atom stereocenters. The Morgan fingerprint density at radius 2 is 1.06 bits per heavy atom. The second kappa shape index (κ2) is 31.2. The van der Waals surface area contributed by atoms with Gasteiger partial charge in [0.15, 0.2) is 12.3 Å². The monoisotopic (exact) mass is 969 g/mol. The van der Waals surface area contributed by atoms with Gasteiger partial charge in [-0.3, -0.25) is 23.9 Å². The minimum absolute atomic E-state index is 0.157. The minimum atomic E-state index is -1.25. The predicted molar refractivity (Wildman–Crippen MR) is 272 cm³/mol. The lowest BCUT2D eigenvalue weighted by Gasteiger charge is -2.37. The highest BCUT2D eigenvalue weighted by Gasteiger charge is 2.51. The van der Waals surface area contributed by atoms with Crippen LogP contribution in [0.4, 0.5) is 0 Å². The molecular weight excluding hydrogens is 889 g/mol. The maximum absolute atomic E-state index is 13.6. The number of H-pyrrole nitrogens is 1. The van der Waals surface area contributed by atoms with Crippen molar-refractivity contribution in [2.24, 2.45) is 0 Å². The first-order valence-electron chi connectivity index (χ1n) is 26.1. The number of rotatable bonds is 35. The first kappa shape index (κ1) is 55.7. The summed E-state index contributed by atoms with van der Waals surface area (Å²) in [6, 6.07) is 26.2. The van der Waals surface area contributed by atoms with Crippen molar-refractivity contribution in [3.63, 3.8) is 0 Å². The van der Waals surface area contributed by atoms with E-state index >= 15 is 0 Å². The zero-order chi connectivity index (χ0) is 49.8. The molecule has 70 heavy (non-hydrogen) atoms. The Morgan fingerprint density at radius 1 is 0.586 bits per heavy atom. The van der Waals surface area contributed by atoms with Crippen LogP contribution in [0.1, 0.15) is 171 Å². The van der Waals surface area contributed by atoms with Crippen LogP contribution in [-0.2, 0) is 38.9 Å². The highest BCUT2D eigenvalue weighted by atomic mass is 16.6. The van der Waals surface area contributed by atoms with E-state index in [0.717, 1.165) is 42.4 Å². The first-order valence-corrected chi connectivity index (χ1v) is 26.1. The molecule has 4 aromatic rings. The molecule has 1 aliphatic heterocycles. The summed E-state index contributed by atoms with van der Waals surface area (Å²) in [5.41, 5.74) is -0.185. The topological polar surface area (TPSA) is 154 Å². The van der Waals surface area contributed by atoms with Gasteiger partial charge in [0.25, 0.3) is 5.56 Å². The number of hydrogen-bond donors (Lipinski definition) is 1. The number of carbonyl (C=O) groups excluding carboxylic acids is 2. The number of aromatic nitrogens is 2. The lowest BCUT2D eigenvalue weighted by molar-refractivity contribution is -0.162. The molecule has 1 saturated heterocycles. The molecule has 0 radical (unpaired) electrons. The Kier molecular flexibility index (Phi) is 24.8. The average molecular weight is 969 g/mol. The molecule has 13 heteroatoms. The molecule has 0 bridgehead atoms. The van der Waals surface area contributed by atoms with Crippen LogP contribution in [0.15, 0.2) is 101 Å². The van der Waals surface area contributed by atoms with E-state index < -0.39 is 53.3 Å². The summed E-state index contributed by atoms with van der Waals surface area (Å²) >= 11 is 0.